The van der Waals surface area contributed by atoms with Gasteiger partial charge < -0.3 is 10.1 Å². The zero-order chi connectivity index (χ0) is 19.9. The van der Waals surface area contributed by atoms with E-state index in [9.17, 15) is 9.59 Å². The van der Waals surface area contributed by atoms with Gasteiger partial charge in [-0.2, -0.15) is 0 Å². The van der Waals surface area contributed by atoms with Crippen molar-refractivity contribution in [2.75, 3.05) is 19.0 Å². The Morgan fingerprint density at radius 2 is 1.93 bits per heavy atom. The number of nitrogens with one attached hydrogen (secondary N) is 3. The average molecular weight is 481 g/mol. The van der Waals surface area contributed by atoms with E-state index in [-0.39, 0.29) is 24.8 Å². The van der Waals surface area contributed by atoms with Crippen molar-refractivity contribution in [3.63, 3.8) is 0 Å². The van der Waals surface area contributed by atoms with Crippen molar-refractivity contribution >= 4 is 56.1 Å². The van der Waals surface area contributed by atoms with Crippen molar-refractivity contribution in [1.82, 2.24) is 15.8 Å². The molecule has 0 radical (unpaired) electrons. The van der Waals surface area contributed by atoms with Gasteiger partial charge in [-0.3, -0.25) is 20.4 Å². The van der Waals surface area contributed by atoms with E-state index in [2.05, 4.69) is 37.1 Å². The lowest BCUT2D eigenvalue weighted by atomic mass is 10.3. The van der Waals surface area contributed by atoms with Crippen LogP contribution in [0, 0.1) is 0 Å². The third-order valence-electron chi connectivity index (χ3n) is 3.56. The van der Waals surface area contributed by atoms with Crippen LogP contribution in [0.1, 0.15) is 5.69 Å². The van der Waals surface area contributed by atoms with Gasteiger partial charge in [0.1, 0.15) is 10.8 Å². The fourth-order valence-corrected chi connectivity index (χ4v) is 4.61. The molecule has 2 heterocycles. The molecular formula is C18H17BrN4O3S2. The summed E-state index contributed by atoms with van der Waals surface area (Å²) >= 11 is 6.48. The van der Waals surface area contributed by atoms with Gasteiger partial charge in [0.15, 0.2) is 0 Å². The van der Waals surface area contributed by atoms with Gasteiger partial charge >= 0.3 is 0 Å². The molecule has 0 saturated carbocycles. The third-order valence-corrected chi connectivity index (χ3v) is 6.31. The van der Waals surface area contributed by atoms with E-state index in [1.54, 1.807) is 30.6 Å². The van der Waals surface area contributed by atoms with E-state index in [4.69, 9.17) is 4.74 Å². The number of anilines is 1. The molecular weight excluding hydrogens is 464 g/mol. The molecule has 146 valence electrons. The molecule has 2 amide bonds. The number of hydrogen-bond donors (Lipinski definition) is 3. The monoisotopic (exact) mass is 480 g/mol. The Morgan fingerprint density at radius 1 is 1.14 bits per heavy atom. The molecule has 10 heteroatoms. The molecule has 2 aromatic heterocycles. The van der Waals surface area contributed by atoms with Crippen LogP contribution in [-0.4, -0.2) is 30.5 Å². The topological polar surface area (TPSA) is 92.4 Å². The number of hydrazine groups is 1. The number of carbonyl (C=O) groups is 2. The number of halogens is 1. The van der Waals surface area contributed by atoms with Crippen LogP contribution in [-0.2, 0) is 16.0 Å². The summed E-state index contributed by atoms with van der Waals surface area (Å²) in [7, 11) is 1.56. The van der Waals surface area contributed by atoms with E-state index in [0.717, 1.165) is 14.4 Å². The van der Waals surface area contributed by atoms with Crippen molar-refractivity contribution in [2.24, 2.45) is 0 Å². The second-order valence-electron chi connectivity index (χ2n) is 5.60. The molecule has 3 N–H and O–H groups in total. The minimum atomic E-state index is -0.373. The van der Waals surface area contributed by atoms with E-state index in [1.165, 1.54) is 11.3 Å². The number of methoxy groups -OCH3 is 1. The highest BCUT2D eigenvalue weighted by Gasteiger charge is 2.11. The summed E-state index contributed by atoms with van der Waals surface area (Å²) in [5.41, 5.74) is 6.13. The summed E-state index contributed by atoms with van der Waals surface area (Å²) in [6.07, 6.45) is 0.0866. The molecule has 0 aliphatic carbocycles. The molecule has 0 aliphatic rings. The summed E-state index contributed by atoms with van der Waals surface area (Å²) in [5.74, 6) is -0.0760. The van der Waals surface area contributed by atoms with Gasteiger partial charge in [-0.25, -0.2) is 4.98 Å². The quantitative estimate of drug-likeness (QED) is 0.450. The van der Waals surface area contributed by atoms with Gasteiger partial charge in [0, 0.05) is 15.2 Å². The van der Waals surface area contributed by atoms with E-state index in [1.807, 2.05) is 29.0 Å². The number of aromatic nitrogens is 1. The predicted octanol–water partition coefficient (Wildman–Crippen LogP) is 3.44. The first-order valence-electron chi connectivity index (χ1n) is 8.18. The van der Waals surface area contributed by atoms with Gasteiger partial charge in [-0.1, -0.05) is 12.1 Å². The first-order valence-corrected chi connectivity index (χ1v) is 10.7. The Balaban J connectivity index is 1.44. The SMILES string of the molecule is COc1ccccc1NCC(=O)NNC(=O)Cc1csc(-c2cc(Br)cs2)n1. The second kappa shape index (κ2) is 9.67. The van der Waals surface area contributed by atoms with Gasteiger partial charge in [0.2, 0.25) is 5.91 Å². The first kappa shape index (κ1) is 20.3. The van der Waals surface area contributed by atoms with Crippen LogP contribution in [0.3, 0.4) is 0 Å². The minimum Gasteiger partial charge on any atom is -0.495 e. The lowest BCUT2D eigenvalue weighted by Gasteiger charge is -2.11. The lowest BCUT2D eigenvalue weighted by molar-refractivity contribution is -0.127. The summed E-state index contributed by atoms with van der Waals surface area (Å²) in [4.78, 5) is 29.5. The Bertz CT molecular complexity index is 973. The zero-order valence-electron chi connectivity index (χ0n) is 14.8. The van der Waals surface area contributed by atoms with Crippen molar-refractivity contribution in [3.05, 3.63) is 51.3 Å². The van der Waals surface area contributed by atoms with Gasteiger partial charge in [-0.15, -0.1) is 22.7 Å². The van der Waals surface area contributed by atoms with Crippen LogP contribution in [0.2, 0.25) is 0 Å². The number of rotatable bonds is 7. The highest BCUT2D eigenvalue weighted by Crippen LogP contribution is 2.32. The van der Waals surface area contributed by atoms with Crippen molar-refractivity contribution < 1.29 is 14.3 Å². The van der Waals surface area contributed by atoms with Gasteiger partial charge in [-0.05, 0) is 34.1 Å². The smallest absolute Gasteiger partial charge is 0.257 e. The molecule has 0 atom stereocenters. The number of para-hydroxylation sites is 2. The summed E-state index contributed by atoms with van der Waals surface area (Å²) in [6, 6.07) is 9.25. The molecule has 3 aromatic rings. The van der Waals surface area contributed by atoms with Crippen LogP contribution in [0.25, 0.3) is 9.88 Å². The Kier molecular flexibility index (Phi) is 7.01. The third kappa shape index (κ3) is 5.54. The molecule has 0 spiro atoms. The number of thiophene rings is 1. The predicted molar refractivity (Wildman–Crippen MR) is 115 cm³/mol. The number of ether oxygens (including phenoxy) is 1. The maximum atomic E-state index is 12.0. The number of thiazole rings is 1. The maximum Gasteiger partial charge on any atom is 0.257 e. The van der Waals surface area contributed by atoms with Crippen LogP contribution in [0.4, 0.5) is 5.69 Å². The fraction of sp³-hybridized carbons (Fsp3) is 0.167. The fourth-order valence-electron chi connectivity index (χ4n) is 2.29. The highest BCUT2D eigenvalue weighted by atomic mass is 79.9. The molecule has 0 bridgehead atoms. The zero-order valence-corrected chi connectivity index (χ0v) is 18.0. The molecule has 0 fully saturated rings. The minimum absolute atomic E-state index is 0.00520. The summed E-state index contributed by atoms with van der Waals surface area (Å²) < 4.78 is 6.21. The first-order chi connectivity index (χ1) is 13.5. The molecule has 7 nitrogen and oxygen atoms in total. The summed E-state index contributed by atoms with van der Waals surface area (Å²) in [6.45, 7) is -0.00520. The molecule has 0 aliphatic heterocycles. The normalized spacial score (nSPS) is 10.4. The molecule has 0 saturated heterocycles. The number of nitrogens with zero attached hydrogens (tertiary/aromatic N) is 1. The Hall–Kier alpha value is -2.43. The lowest BCUT2D eigenvalue weighted by Crippen LogP contribution is -2.44. The number of amides is 2. The standard InChI is InChI=1S/C18H17BrN4O3S2/c1-26-14-5-3-2-4-13(14)20-8-17(25)23-22-16(24)7-12-10-28-18(21-12)15-6-11(19)9-27-15/h2-6,9-10,20H,7-8H2,1H3,(H,22,24)(H,23,25). The van der Waals surface area contributed by atoms with Crippen LogP contribution >= 0.6 is 38.6 Å². The molecule has 3 rings (SSSR count). The van der Waals surface area contributed by atoms with E-state index >= 15 is 0 Å². The van der Waals surface area contributed by atoms with E-state index in [0.29, 0.717) is 17.1 Å². The summed E-state index contributed by atoms with van der Waals surface area (Å²) in [5, 5.41) is 7.65. The molecule has 28 heavy (non-hydrogen) atoms. The Labute approximate surface area is 178 Å². The number of benzene rings is 1. The van der Waals surface area contributed by atoms with E-state index < -0.39 is 0 Å². The molecule has 1 aromatic carbocycles. The van der Waals surface area contributed by atoms with Gasteiger partial charge in [0.05, 0.1) is 36.3 Å². The largest absolute Gasteiger partial charge is 0.495 e. The van der Waals surface area contributed by atoms with Crippen LogP contribution in [0.15, 0.2) is 45.6 Å². The van der Waals surface area contributed by atoms with Crippen LogP contribution < -0.4 is 20.9 Å². The van der Waals surface area contributed by atoms with Crippen molar-refractivity contribution in [2.45, 2.75) is 6.42 Å². The number of carbonyl (C=O) groups excluding carboxylic acids is 2. The highest BCUT2D eigenvalue weighted by molar-refractivity contribution is 9.10. The second-order valence-corrected chi connectivity index (χ2v) is 8.29. The van der Waals surface area contributed by atoms with Crippen molar-refractivity contribution in [3.8, 4) is 15.6 Å². The Morgan fingerprint density at radius 3 is 2.68 bits per heavy atom. The average Bonchev–Trinajstić information content (AvgIpc) is 3.33. The molecule has 0 unspecified atom stereocenters. The van der Waals surface area contributed by atoms with Crippen LogP contribution in [0.5, 0.6) is 5.75 Å². The van der Waals surface area contributed by atoms with Gasteiger partial charge in [0.25, 0.3) is 5.91 Å². The van der Waals surface area contributed by atoms with Crippen molar-refractivity contribution in [1.29, 1.82) is 0 Å². The number of hydrogen-bond acceptors (Lipinski definition) is 7. The maximum absolute atomic E-state index is 12.0.